The summed E-state index contributed by atoms with van der Waals surface area (Å²) in [6.45, 7) is 0.197. The van der Waals surface area contributed by atoms with E-state index in [1.807, 2.05) is 0 Å². The molecule has 5 heteroatoms. The monoisotopic (exact) mass is 340 g/mol. The molecule has 0 atom stereocenters. The number of benzene rings is 2. The molecule has 0 aliphatic heterocycles. The van der Waals surface area contributed by atoms with Crippen LogP contribution in [-0.2, 0) is 0 Å². The van der Waals surface area contributed by atoms with E-state index in [-0.39, 0.29) is 12.0 Å². The molecule has 0 aliphatic rings. The molecular weight excluding hydrogens is 328 g/mol. The average molecular weight is 341 g/mol. The fourth-order valence-corrected chi connectivity index (χ4v) is 2.61. The van der Waals surface area contributed by atoms with Crippen LogP contribution < -0.4 is 14.9 Å². The van der Waals surface area contributed by atoms with Gasteiger partial charge in [0, 0.05) is 17.7 Å². The van der Waals surface area contributed by atoms with Gasteiger partial charge in [-0.2, -0.15) is 0 Å². The highest BCUT2D eigenvalue weighted by atomic mass is 35.5. The van der Waals surface area contributed by atoms with E-state index in [9.17, 15) is 4.79 Å². The second kappa shape index (κ2) is 6.69. The Morgan fingerprint density at radius 1 is 1.17 bits per heavy atom. The molecule has 2 aromatic carbocycles. The van der Waals surface area contributed by atoms with Gasteiger partial charge in [0.1, 0.15) is 29.4 Å². The first-order valence-electron chi connectivity index (χ1n) is 7.10. The van der Waals surface area contributed by atoms with Gasteiger partial charge >= 0.3 is 0 Å². The minimum atomic E-state index is -0.216. The van der Waals surface area contributed by atoms with Crippen molar-refractivity contribution >= 4 is 22.6 Å². The molecule has 1 aromatic heterocycles. The van der Waals surface area contributed by atoms with E-state index < -0.39 is 0 Å². The van der Waals surface area contributed by atoms with Crippen LogP contribution in [0.5, 0.6) is 11.5 Å². The second-order valence-corrected chi connectivity index (χ2v) is 5.38. The average Bonchev–Trinajstić information content (AvgIpc) is 2.59. The molecule has 1 heterocycles. The Morgan fingerprint density at radius 3 is 2.58 bits per heavy atom. The van der Waals surface area contributed by atoms with Crippen molar-refractivity contribution in [3.05, 3.63) is 57.7 Å². The Bertz CT molecular complexity index is 981. The molecule has 0 saturated carbocycles. The maximum absolute atomic E-state index is 12.4. The number of hydrogen-bond donors (Lipinski definition) is 0. The zero-order chi connectivity index (χ0) is 17.1. The molecule has 0 amide bonds. The third-order valence-corrected chi connectivity index (χ3v) is 3.75. The highest BCUT2D eigenvalue weighted by Crippen LogP contribution is 2.30. The van der Waals surface area contributed by atoms with Crippen molar-refractivity contribution < 1.29 is 13.9 Å². The lowest BCUT2D eigenvalue weighted by Crippen LogP contribution is -2.01. The van der Waals surface area contributed by atoms with Crippen molar-refractivity contribution in [2.75, 3.05) is 13.7 Å². The molecule has 120 valence electrons. The summed E-state index contributed by atoms with van der Waals surface area (Å²) >= 11 is 6.14. The van der Waals surface area contributed by atoms with E-state index in [2.05, 4.69) is 5.92 Å². The van der Waals surface area contributed by atoms with Gasteiger partial charge < -0.3 is 13.9 Å². The van der Waals surface area contributed by atoms with Gasteiger partial charge in [-0.25, -0.2) is 0 Å². The number of hydrogen-bond acceptors (Lipinski definition) is 4. The Kier molecular flexibility index (Phi) is 4.45. The summed E-state index contributed by atoms with van der Waals surface area (Å²) < 4.78 is 16.3. The molecule has 0 bridgehead atoms. The molecule has 3 rings (SSSR count). The maximum Gasteiger partial charge on any atom is 0.194 e. The van der Waals surface area contributed by atoms with Crippen LogP contribution in [0.25, 0.3) is 22.3 Å². The van der Waals surface area contributed by atoms with Crippen LogP contribution in [0.15, 0.2) is 51.7 Å². The minimum absolute atomic E-state index is 0.197. The molecule has 0 spiro atoms. The minimum Gasteiger partial charge on any atom is -0.497 e. The Morgan fingerprint density at radius 2 is 1.92 bits per heavy atom. The maximum atomic E-state index is 12.4. The van der Waals surface area contributed by atoms with Crippen LogP contribution in [0.1, 0.15) is 0 Å². The van der Waals surface area contributed by atoms with Gasteiger partial charge in [0.15, 0.2) is 5.43 Å². The van der Waals surface area contributed by atoms with Gasteiger partial charge in [0.25, 0.3) is 0 Å². The number of fused-ring (bicyclic) bond motifs is 1. The molecule has 0 saturated heterocycles. The van der Waals surface area contributed by atoms with Crippen molar-refractivity contribution in [3.63, 3.8) is 0 Å². The molecule has 0 unspecified atom stereocenters. The van der Waals surface area contributed by atoms with E-state index in [0.29, 0.717) is 33.3 Å². The normalized spacial score (nSPS) is 10.4. The largest absolute Gasteiger partial charge is 0.497 e. The molecule has 0 aliphatic carbocycles. The topological polar surface area (TPSA) is 48.7 Å². The van der Waals surface area contributed by atoms with Crippen LogP contribution in [0, 0.1) is 12.3 Å². The van der Waals surface area contributed by atoms with Gasteiger partial charge in [0.05, 0.1) is 17.5 Å². The summed E-state index contributed by atoms with van der Waals surface area (Å²) in [5.41, 5.74) is 0.891. The molecule has 24 heavy (non-hydrogen) atoms. The number of rotatable bonds is 4. The van der Waals surface area contributed by atoms with Gasteiger partial charge in [-0.05, 0) is 30.3 Å². The van der Waals surface area contributed by atoms with E-state index in [1.54, 1.807) is 36.4 Å². The van der Waals surface area contributed by atoms with E-state index in [0.717, 1.165) is 5.56 Å². The van der Waals surface area contributed by atoms with Crippen LogP contribution in [-0.4, -0.2) is 13.7 Å². The predicted octanol–water partition coefficient (Wildman–Crippen LogP) is 4.13. The molecule has 0 fully saturated rings. The summed E-state index contributed by atoms with van der Waals surface area (Å²) in [5.74, 6) is 3.99. The van der Waals surface area contributed by atoms with Crippen LogP contribution in [0.2, 0.25) is 5.02 Å². The smallest absolute Gasteiger partial charge is 0.194 e. The summed E-state index contributed by atoms with van der Waals surface area (Å²) in [6, 6.07) is 11.7. The van der Waals surface area contributed by atoms with E-state index in [4.69, 9.17) is 31.9 Å². The van der Waals surface area contributed by atoms with Gasteiger partial charge in [-0.15, -0.1) is 6.42 Å². The van der Waals surface area contributed by atoms with Gasteiger partial charge in [0.2, 0.25) is 0 Å². The van der Waals surface area contributed by atoms with Gasteiger partial charge in [-0.3, -0.25) is 4.79 Å². The summed E-state index contributed by atoms with van der Waals surface area (Å²) in [4.78, 5) is 12.4. The lowest BCUT2D eigenvalue weighted by Gasteiger charge is -2.07. The van der Waals surface area contributed by atoms with Gasteiger partial charge in [-0.1, -0.05) is 17.5 Å². The first kappa shape index (κ1) is 16.0. The van der Waals surface area contributed by atoms with E-state index >= 15 is 0 Å². The lowest BCUT2D eigenvalue weighted by atomic mass is 10.1. The standard InChI is InChI=1S/C19H13ClO4/c1-3-8-23-13-6-4-12(5-7-13)17-11-16(21)19-15(20)9-14(22-2)10-18(19)24-17/h1,4-7,9-11H,8H2,2H3. The third kappa shape index (κ3) is 3.08. The molecule has 3 aromatic rings. The quantitative estimate of drug-likeness (QED) is 0.670. The van der Waals surface area contributed by atoms with Crippen molar-refractivity contribution in [3.8, 4) is 35.2 Å². The van der Waals surface area contributed by atoms with Crippen molar-refractivity contribution in [1.29, 1.82) is 0 Å². The third-order valence-electron chi connectivity index (χ3n) is 3.45. The number of methoxy groups -OCH3 is 1. The van der Waals surface area contributed by atoms with E-state index in [1.165, 1.54) is 13.2 Å². The summed E-state index contributed by atoms with van der Waals surface area (Å²) in [5, 5.41) is 0.623. The molecular formula is C19H13ClO4. The highest BCUT2D eigenvalue weighted by Gasteiger charge is 2.12. The zero-order valence-electron chi connectivity index (χ0n) is 12.8. The summed E-state index contributed by atoms with van der Waals surface area (Å²) in [7, 11) is 1.52. The Hall–Kier alpha value is -2.90. The molecule has 0 N–H and O–H groups in total. The number of terminal acetylenes is 1. The first-order chi connectivity index (χ1) is 11.6. The van der Waals surface area contributed by atoms with Crippen LogP contribution >= 0.6 is 11.6 Å². The number of ether oxygens (including phenoxy) is 2. The fraction of sp³-hybridized carbons (Fsp3) is 0.105. The van der Waals surface area contributed by atoms with Crippen molar-refractivity contribution in [2.24, 2.45) is 0 Å². The fourth-order valence-electron chi connectivity index (χ4n) is 2.32. The van der Waals surface area contributed by atoms with Crippen LogP contribution in [0.3, 0.4) is 0 Å². The second-order valence-electron chi connectivity index (χ2n) is 4.97. The zero-order valence-corrected chi connectivity index (χ0v) is 13.6. The van der Waals surface area contributed by atoms with Crippen molar-refractivity contribution in [2.45, 2.75) is 0 Å². The predicted molar refractivity (Wildman–Crippen MR) is 93.8 cm³/mol. The Balaban J connectivity index is 2.07. The van der Waals surface area contributed by atoms with Crippen molar-refractivity contribution in [1.82, 2.24) is 0 Å². The lowest BCUT2D eigenvalue weighted by molar-refractivity contribution is 0.370. The number of halogens is 1. The summed E-state index contributed by atoms with van der Waals surface area (Å²) in [6.07, 6.45) is 5.16. The van der Waals surface area contributed by atoms with Crippen LogP contribution in [0.4, 0.5) is 0 Å². The first-order valence-corrected chi connectivity index (χ1v) is 7.48. The molecule has 0 radical (unpaired) electrons. The SMILES string of the molecule is C#CCOc1ccc(-c2cc(=O)c3c(Cl)cc(OC)cc3o2)cc1. The Labute approximate surface area is 143 Å². The highest BCUT2D eigenvalue weighted by molar-refractivity contribution is 6.35. The molecule has 4 nitrogen and oxygen atoms in total.